The molecule has 0 aliphatic heterocycles. The third-order valence-corrected chi connectivity index (χ3v) is 6.87. The van der Waals surface area contributed by atoms with Gasteiger partial charge in [-0.1, -0.05) is 54.6 Å². The van der Waals surface area contributed by atoms with Gasteiger partial charge in [-0.2, -0.15) is 0 Å². The Labute approximate surface area is 225 Å². The molecule has 7 nitrogen and oxygen atoms in total. The standard InChI is InChI=1S/C32H29N3O4/c1-22-8-6-7-11-25(22)21-34-29-20-24(30(36)33-19-18-23-9-4-3-5-10-23)12-17-28(29)31(37)35(32(34)38)26-13-15-27(39-2)16-14-26/h3-17,20H,18-19,21H2,1-2H3,(H,33,36). The third-order valence-electron chi connectivity index (χ3n) is 6.87. The van der Waals surface area contributed by atoms with Crippen molar-refractivity contribution in [2.45, 2.75) is 19.9 Å². The molecule has 0 unspecified atom stereocenters. The Hall–Kier alpha value is -4.91. The summed E-state index contributed by atoms with van der Waals surface area (Å²) in [6, 6.07) is 29.4. The zero-order valence-corrected chi connectivity index (χ0v) is 21.9. The molecule has 0 saturated heterocycles. The summed E-state index contributed by atoms with van der Waals surface area (Å²) in [6.07, 6.45) is 0.699. The van der Waals surface area contributed by atoms with Gasteiger partial charge in [0.05, 0.1) is 30.2 Å². The number of carbonyl (C=O) groups excluding carboxylic acids is 1. The molecular formula is C32H29N3O4. The van der Waals surface area contributed by atoms with E-state index in [0.717, 1.165) is 16.7 Å². The van der Waals surface area contributed by atoms with Crippen LogP contribution in [0.15, 0.2) is 107 Å². The normalized spacial score (nSPS) is 10.9. The highest BCUT2D eigenvalue weighted by atomic mass is 16.5. The fourth-order valence-electron chi connectivity index (χ4n) is 4.64. The first-order valence-electron chi connectivity index (χ1n) is 12.8. The van der Waals surface area contributed by atoms with Crippen LogP contribution in [0.5, 0.6) is 5.75 Å². The van der Waals surface area contributed by atoms with Crippen molar-refractivity contribution in [1.29, 1.82) is 0 Å². The highest BCUT2D eigenvalue weighted by molar-refractivity contribution is 5.97. The molecule has 1 N–H and O–H groups in total. The minimum atomic E-state index is -0.484. The van der Waals surface area contributed by atoms with Crippen molar-refractivity contribution in [1.82, 2.24) is 14.5 Å². The lowest BCUT2D eigenvalue weighted by atomic mass is 10.1. The fraction of sp³-hybridized carbons (Fsp3) is 0.156. The van der Waals surface area contributed by atoms with Gasteiger partial charge in [-0.25, -0.2) is 9.36 Å². The van der Waals surface area contributed by atoms with Gasteiger partial charge in [0.1, 0.15) is 5.75 Å². The molecule has 0 radical (unpaired) electrons. The number of fused-ring (bicyclic) bond motifs is 1. The molecule has 0 aliphatic rings. The van der Waals surface area contributed by atoms with Crippen LogP contribution in [0.25, 0.3) is 16.6 Å². The Bertz CT molecular complexity index is 1750. The van der Waals surface area contributed by atoms with Gasteiger partial charge in [-0.05, 0) is 72.5 Å². The zero-order valence-electron chi connectivity index (χ0n) is 21.9. The van der Waals surface area contributed by atoms with Crippen LogP contribution >= 0.6 is 0 Å². The molecule has 7 heteroatoms. The van der Waals surface area contributed by atoms with Crippen LogP contribution < -0.4 is 21.3 Å². The van der Waals surface area contributed by atoms with Gasteiger partial charge in [0.2, 0.25) is 0 Å². The summed E-state index contributed by atoms with van der Waals surface area (Å²) < 4.78 is 7.96. The van der Waals surface area contributed by atoms with Crippen LogP contribution in [0.4, 0.5) is 0 Å². The van der Waals surface area contributed by atoms with E-state index in [0.29, 0.717) is 40.9 Å². The third kappa shape index (κ3) is 5.38. The number of aromatic nitrogens is 2. The SMILES string of the molecule is COc1ccc(-n2c(=O)c3ccc(C(=O)NCCc4ccccc4)cc3n(Cc3ccccc3C)c2=O)cc1. The number of carbonyl (C=O) groups is 1. The summed E-state index contributed by atoms with van der Waals surface area (Å²) in [5.74, 6) is 0.359. The number of nitrogens with zero attached hydrogens (tertiary/aromatic N) is 2. The number of benzene rings is 4. The summed E-state index contributed by atoms with van der Waals surface area (Å²) in [5.41, 5.74) is 3.40. The number of ether oxygens (including phenoxy) is 1. The van der Waals surface area contributed by atoms with E-state index in [1.807, 2.05) is 61.5 Å². The van der Waals surface area contributed by atoms with Crippen molar-refractivity contribution < 1.29 is 9.53 Å². The molecule has 0 fully saturated rings. The molecule has 0 atom stereocenters. The van der Waals surface area contributed by atoms with Crippen molar-refractivity contribution in [3.05, 3.63) is 140 Å². The number of methoxy groups -OCH3 is 1. The maximum Gasteiger partial charge on any atom is 0.336 e. The monoisotopic (exact) mass is 519 g/mol. The Balaban J connectivity index is 1.58. The summed E-state index contributed by atoms with van der Waals surface area (Å²) in [5, 5.41) is 3.29. The first kappa shape index (κ1) is 25.7. The number of nitrogens with one attached hydrogen (secondary N) is 1. The van der Waals surface area contributed by atoms with Crippen molar-refractivity contribution in [3.63, 3.8) is 0 Å². The van der Waals surface area contributed by atoms with Gasteiger partial charge in [0, 0.05) is 12.1 Å². The van der Waals surface area contributed by atoms with E-state index in [-0.39, 0.29) is 12.5 Å². The average molecular weight is 520 g/mol. The van der Waals surface area contributed by atoms with Gasteiger partial charge in [-0.15, -0.1) is 0 Å². The lowest BCUT2D eigenvalue weighted by Gasteiger charge is -2.16. The van der Waals surface area contributed by atoms with Crippen LogP contribution in [0.2, 0.25) is 0 Å². The van der Waals surface area contributed by atoms with Gasteiger partial charge in [0.15, 0.2) is 0 Å². The van der Waals surface area contributed by atoms with E-state index in [2.05, 4.69) is 5.32 Å². The van der Waals surface area contributed by atoms with Crippen molar-refractivity contribution >= 4 is 16.8 Å². The van der Waals surface area contributed by atoms with Crippen LogP contribution in [0.3, 0.4) is 0 Å². The van der Waals surface area contributed by atoms with E-state index in [1.54, 1.807) is 54.1 Å². The van der Waals surface area contributed by atoms with E-state index in [9.17, 15) is 14.4 Å². The maximum absolute atomic E-state index is 13.9. The molecule has 5 rings (SSSR count). The number of aryl methyl sites for hydroxylation is 1. The smallest absolute Gasteiger partial charge is 0.336 e. The Morgan fingerprint density at radius 2 is 1.59 bits per heavy atom. The number of hydrogen-bond donors (Lipinski definition) is 1. The molecule has 1 heterocycles. The predicted molar refractivity (Wildman–Crippen MR) is 153 cm³/mol. The second kappa shape index (κ2) is 11.2. The van der Waals surface area contributed by atoms with Crippen molar-refractivity contribution in [3.8, 4) is 11.4 Å². The van der Waals surface area contributed by atoms with Crippen LogP contribution in [-0.2, 0) is 13.0 Å². The van der Waals surface area contributed by atoms with Gasteiger partial charge < -0.3 is 10.1 Å². The van der Waals surface area contributed by atoms with E-state index in [1.165, 1.54) is 4.57 Å². The van der Waals surface area contributed by atoms with Crippen molar-refractivity contribution in [2.75, 3.05) is 13.7 Å². The number of amides is 1. The minimum Gasteiger partial charge on any atom is -0.497 e. The first-order chi connectivity index (χ1) is 19.0. The minimum absolute atomic E-state index is 0.248. The largest absolute Gasteiger partial charge is 0.497 e. The molecule has 1 aromatic heterocycles. The molecule has 196 valence electrons. The predicted octanol–water partition coefficient (Wildman–Crippen LogP) is 4.49. The molecule has 4 aromatic carbocycles. The van der Waals surface area contributed by atoms with Gasteiger partial charge in [0.25, 0.3) is 11.5 Å². The molecule has 0 aliphatic carbocycles. The summed E-state index contributed by atoms with van der Waals surface area (Å²) >= 11 is 0. The van der Waals surface area contributed by atoms with E-state index in [4.69, 9.17) is 4.74 Å². The van der Waals surface area contributed by atoms with Gasteiger partial charge in [-0.3, -0.25) is 14.2 Å². The second-order valence-corrected chi connectivity index (χ2v) is 9.36. The molecule has 5 aromatic rings. The molecule has 0 spiro atoms. The van der Waals surface area contributed by atoms with E-state index >= 15 is 0 Å². The number of rotatable bonds is 8. The van der Waals surface area contributed by atoms with Crippen LogP contribution in [-0.4, -0.2) is 28.7 Å². The highest BCUT2D eigenvalue weighted by Crippen LogP contribution is 2.18. The molecule has 39 heavy (non-hydrogen) atoms. The Kier molecular flexibility index (Phi) is 7.41. The Morgan fingerprint density at radius 1 is 0.872 bits per heavy atom. The lowest BCUT2D eigenvalue weighted by molar-refractivity contribution is 0.0954. The van der Waals surface area contributed by atoms with Gasteiger partial charge >= 0.3 is 5.69 Å². The van der Waals surface area contributed by atoms with Crippen LogP contribution in [0, 0.1) is 6.92 Å². The molecule has 1 amide bonds. The topological polar surface area (TPSA) is 82.3 Å². The summed E-state index contributed by atoms with van der Waals surface area (Å²) in [6.45, 7) is 2.70. The average Bonchev–Trinajstić information content (AvgIpc) is 2.97. The van der Waals surface area contributed by atoms with E-state index < -0.39 is 11.2 Å². The first-order valence-corrected chi connectivity index (χ1v) is 12.8. The maximum atomic E-state index is 13.9. The van der Waals surface area contributed by atoms with Crippen molar-refractivity contribution in [2.24, 2.45) is 0 Å². The van der Waals surface area contributed by atoms with Crippen LogP contribution in [0.1, 0.15) is 27.0 Å². The second-order valence-electron chi connectivity index (χ2n) is 9.36. The Morgan fingerprint density at radius 3 is 2.31 bits per heavy atom. The molecule has 0 saturated carbocycles. The summed E-state index contributed by atoms with van der Waals surface area (Å²) in [7, 11) is 1.56. The lowest BCUT2D eigenvalue weighted by Crippen LogP contribution is -2.39. The molecule has 0 bridgehead atoms. The summed E-state index contributed by atoms with van der Waals surface area (Å²) in [4.78, 5) is 40.5. The number of hydrogen-bond acceptors (Lipinski definition) is 4. The highest BCUT2D eigenvalue weighted by Gasteiger charge is 2.17. The fourth-order valence-corrected chi connectivity index (χ4v) is 4.64. The zero-order chi connectivity index (χ0) is 27.4. The quantitative estimate of drug-likeness (QED) is 0.328. The molecular weight excluding hydrogens is 490 g/mol.